The van der Waals surface area contributed by atoms with Gasteiger partial charge in [-0.05, 0) is 31.5 Å². The molecule has 1 aromatic rings. The maximum Gasteiger partial charge on any atom is 0.254 e. The molecule has 2 rings (SSSR count). The van der Waals surface area contributed by atoms with E-state index in [9.17, 15) is 4.79 Å². The number of nitrogens with two attached hydrogens (primary N) is 1. The summed E-state index contributed by atoms with van der Waals surface area (Å²) in [6, 6.07) is 8.12. The molecule has 1 aliphatic rings. The van der Waals surface area contributed by atoms with Gasteiger partial charge in [-0.1, -0.05) is 25.1 Å². The fourth-order valence-electron chi connectivity index (χ4n) is 2.48. The number of nitrogens with zero attached hydrogens (tertiary/aromatic N) is 1. The number of rotatable bonds is 3. The Labute approximate surface area is 119 Å². The first kappa shape index (κ1) is 14.4. The molecular weight excluding hydrogens is 256 g/mol. The molecule has 1 amide bonds. The minimum absolute atomic E-state index is 0.156. The van der Waals surface area contributed by atoms with Gasteiger partial charge in [-0.25, -0.2) is 0 Å². The molecule has 104 valence electrons. The van der Waals surface area contributed by atoms with Crippen LogP contribution in [0.2, 0.25) is 0 Å². The van der Waals surface area contributed by atoms with Gasteiger partial charge in [-0.3, -0.25) is 4.79 Å². The van der Waals surface area contributed by atoms with Crippen LogP contribution >= 0.6 is 11.8 Å². The third-order valence-electron chi connectivity index (χ3n) is 3.81. The molecule has 1 heterocycles. The number of carbonyl (C=O) groups is 1. The van der Waals surface area contributed by atoms with Crippen molar-refractivity contribution >= 4 is 17.7 Å². The standard InChI is InChI=1S/C15H22N2OS/c1-11-12(2)19-10-9-17(11)15(18)14-6-4-3-5-13(14)7-8-16/h3-6,11-12H,7-10,16H2,1-2H3. The van der Waals surface area contributed by atoms with E-state index in [2.05, 4.69) is 13.8 Å². The monoisotopic (exact) mass is 278 g/mol. The molecule has 1 saturated heterocycles. The van der Waals surface area contributed by atoms with Gasteiger partial charge >= 0.3 is 0 Å². The molecule has 0 aliphatic carbocycles. The molecule has 2 atom stereocenters. The van der Waals surface area contributed by atoms with Crippen molar-refractivity contribution in [3.63, 3.8) is 0 Å². The van der Waals surface area contributed by atoms with E-state index in [0.29, 0.717) is 11.8 Å². The third-order valence-corrected chi connectivity index (χ3v) is 5.14. The van der Waals surface area contributed by atoms with Crippen molar-refractivity contribution in [2.75, 3.05) is 18.8 Å². The SMILES string of the molecule is CC1SCCN(C(=O)c2ccccc2CCN)C1C. The molecule has 1 fully saturated rings. The second-order valence-electron chi connectivity index (χ2n) is 5.01. The van der Waals surface area contributed by atoms with Crippen LogP contribution in [-0.4, -0.2) is 40.9 Å². The lowest BCUT2D eigenvalue weighted by Crippen LogP contribution is -2.48. The fraction of sp³-hybridized carbons (Fsp3) is 0.533. The third kappa shape index (κ3) is 3.12. The highest BCUT2D eigenvalue weighted by molar-refractivity contribution is 8.00. The van der Waals surface area contributed by atoms with Crippen molar-refractivity contribution in [3.05, 3.63) is 35.4 Å². The van der Waals surface area contributed by atoms with E-state index < -0.39 is 0 Å². The van der Waals surface area contributed by atoms with Gasteiger partial charge in [-0.15, -0.1) is 0 Å². The quantitative estimate of drug-likeness (QED) is 0.921. The van der Waals surface area contributed by atoms with Crippen LogP contribution in [0.25, 0.3) is 0 Å². The van der Waals surface area contributed by atoms with E-state index in [4.69, 9.17) is 5.73 Å². The molecule has 0 saturated carbocycles. The van der Waals surface area contributed by atoms with Crippen LogP contribution in [0, 0.1) is 0 Å². The number of carbonyl (C=O) groups excluding carboxylic acids is 1. The van der Waals surface area contributed by atoms with Gasteiger partial charge < -0.3 is 10.6 Å². The first-order valence-corrected chi connectivity index (χ1v) is 7.90. The van der Waals surface area contributed by atoms with E-state index in [0.717, 1.165) is 29.8 Å². The van der Waals surface area contributed by atoms with Crippen LogP contribution < -0.4 is 5.73 Å². The molecule has 19 heavy (non-hydrogen) atoms. The highest BCUT2D eigenvalue weighted by Crippen LogP contribution is 2.26. The number of thioether (sulfide) groups is 1. The minimum atomic E-state index is 0.156. The molecular formula is C15H22N2OS. The number of benzene rings is 1. The Hall–Kier alpha value is -1.00. The molecule has 1 aromatic carbocycles. The van der Waals surface area contributed by atoms with E-state index in [-0.39, 0.29) is 11.9 Å². The zero-order valence-corrected chi connectivity index (χ0v) is 12.5. The summed E-state index contributed by atoms with van der Waals surface area (Å²) in [5, 5.41) is 0.499. The Morgan fingerprint density at radius 3 is 2.89 bits per heavy atom. The Morgan fingerprint density at radius 1 is 1.42 bits per heavy atom. The van der Waals surface area contributed by atoms with Crippen LogP contribution in [0.15, 0.2) is 24.3 Å². The largest absolute Gasteiger partial charge is 0.334 e. The van der Waals surface area contributed by atoms with Gasteiger partial charge in [0, 0.05) is 29.2 Å². The summed E-state index contributed by atoms with van der Waals surface area (Å²) in [4.78, 5) is 14.7. The maximum atomic E-state index is 12.7. The number of hydrogen-bond acceptors (Lipinski definition) is 3. The predicted octanol–water partition coefficient (Wildman–Crippen LogP) is 2.15. The van der Waals surface area contributed by atoms with Crippen LogP contribution in [0.3, 0.4) is 0 Å². The minimum Gasteiger partial charge on any atom is -0.334 e. The normalized spacial score (nSPS) is 23.4. The smallest absolute Gasteiger partial charge is 0.254 e. The van der Waals surface area contributed by atoms with E-state index >= 15 is 0 Å². The fourth-order valence-corrected chi connectivity index (χ4v) is 3.58. The van der Waals surface area contributed by atoms with Crippen molar-refractivity contribution < 1.29 is 4.79 Å². The zero-order valence-electron chi connectivity index (χ0n) is 11.6. The molecule has 3 nitrogen and oxygen atoms in total. The molecule has 4 heteroatoms. The van der Waals surface area contributed by atoms with Crippen LogP contribution in [0.4, 0.5) is 0 Å². The van der Waals surface area contributed by atoms with Crippen molar-refractivity contribution in [2.45, 2.75) is 31.6 Å². The maximum absolute atomic E-state index is 12.7. The van der Waals surface area contributed by atoms with Crippen molar-refractivity contribution in [1.29, 1.82) is 0 Å². The number of hydrogen-bond donors (Lipinski definition) is 1. The molecule has 0 radical (unpaired) electrons. The summed E-state index contributed by atoms with van der Waals surface area (Å²) in [6.45, 7) is 5.75. The van der Waals surface area contributed by atoms with Gasteiger partial charge in [-0.2, -0.15) is 11.8 Å². The average Bonchev–Trinajstić information content (AvgIpc) is 2.42. The first-order chi connectivity index (χ1) is 9.15. The zero-order chi connectivity index (χ0) is 13.8. The summed E-state index contributed by atoms with van der Waals surface area (Å²) in [6.07, 6.45) is 0.758. The molecule has 2 N–H and O–H groups in total. The highest BCUT2D eigenvalue weighted by atomic mass is 32.2. The Balaban J connectivity index is 2.23. The summed E-state index contributed by atoms with van der Waals surface area (Å²) in [5.41, 5.74) is 7.51. The highest BCUT2D eigenvalue weighted by Gasteiger charge is 2.30. The van der Waals surface area contributed by atoms with Crippen molar-refractivity contribution in [1.82, 2.24) is 4.90 Å². The molecule has 2 unspecified atom stereocenters. The van der Waals surface area contributed by atoms with Gasteiger partial charge in [0.05, 0.1) is 0 Å². The summed E-state index contributed by atoms with van der Waals surface area (Å²) in [5.74, 6) is 1.18. The topological polar surface area (TPSA) is 46.3 Å². The second kappa shape index (κ2) is 6.44. The van der Waals surface area contributed by atoms with Gasteiger partial charge in [0.2, 0.25) is 0 Å². The number of amides is 1. The van der Waals surface area contributed by atoms with E-state index in [1.165, 1.54) is 0 Å². The Morgan fingerprint density at radius 2 is 2.16 bits per heavy atom. The molecule has 0 aromatic heterocycles. The van der Waals surface area contributed by atoms with Crippen molar-refractivity contribution in [2.24, 2.45) is 5.73 Å². The van der Waals surface area contributed by atoms with Crippen LogP contribution in [0.1, 0.15) is 29.8 Å². The predicted molar refractivity (Wildman–Crippen MR) is 81.6 cm³/mol. The van der Waals surface area contributed by atoms with Crippen LogP contribution in [-0.2, 0) is 6.42 Å². The first-order valence-electron chi connectivity index (χ1n) is 6.85. The van der Waals surface area contributed by atoms with Gasteiger partial charge in [0.1, 0.15) is 0 Å². The lowest BCUT2D eigenvalue weighted by atomic mass is 10.0. The molecule has 0 bridgehead atoms. The van der Waals surface area contributed by atoms with Gasteiger partial charge in [0.15, 0.2) is 0 Å². The summed E-state index contributed by atoms with van der Waals surface area (Å²) >= 11 is 1.94. The lowest BCUT2D eigenvalue weighted by Gasteiger charge is -2.37. The Bertz CT molecular complexity index is 450. The second-order valence-corrected chi connectivity index (χ2v) is 6.50. The van der Waals surface area contributed by atoms with Crippen LogP contribution in [0.5, 0.6) is 0 Å². The lowest BCUT2D eigenvalue weighted by molar-refractivity contribution is 0.0697. The van der Waals surface area contributed by atoms with Gasteiger partial charge in [0.25, 0.3) is 5.91 Å². The average molecular weight is 278 g/mol. The summed E-state index contributed by atoms with van der Waals surface area (Å²) < 4.78 is 0. The molecule has 1 aliphatic heterocycles. The van der Waals surface area contributed by atoms with E-state index in [1.54, 1.807) is 0 Å². The van der Waals surface area contributed by atoms with Crippen molar-refractivity contribution in [3.8, 4) is 0 Å². The summed E-state index contributed by atoms with van der Waals surface area (Å²) in [7, 11) is 0. The van der Waals surface area contributed by atoms with E-state index in [1.807, 2.05) is 40.9 Å². The molecule has 0 spiro atoms. The Kier molecular flexibility index (Phi) is 4.88.